The van der Waals surface area contributed by atoms with Crippen molar-refractivity contribution in [3.05, 3.63) is 53.6 Å². The van der Waals surface area contributed by atoms with Crippen LogP contribution in [0.25, 0.3) is 11.3 Å². The van der Waals surface area contributed by atoms with Crippen LogP contribution in [0, 0.1) is 25.2 Å². The van der Waals surface area contributed by atoms with Gasteiger partial charge in [0.05, 0.1) is 17.6 Å². The molecule has 0 spiro atoms. The van der Waals surface area contributed by atoms with Crippen molar-refractivity contribution in [2.24, 2.45) is 10.2 Å². The zero-order valence-electron chi connectivity index (χ0n) is 13.5. The highest BCUT2D eigenvalue weighted by Gasteiger charge is 2.15. The molecule has 25 heavy (non-hydrogen) atoms. The molecule has 0 aliphatic rings. The third-order valence-electron chi connectivity index (χ3n) is 3.66. The van der Waals surface area contributed by atoms with Gasteiger partial charge in [0, 0.05) is 0 Å². The highest BCUT2D eigenvalue weighted by atomic mass is 15.5. The summed E-state index contributed by atoms with van der Waals surface area (Å²) in [5.41, 5.74) is 3.08. The smallest absolute Gasteiger partial charge is 0.203 e. The fourth-order valence-electron chi connectivity index (χ4n) is 2.52. The zero-order valence-corrected chi connectivity index (χ0v) is 13.5. The van der Waals surface area contributed by atoms with Crippen LogP contribution >= 0.6 is 0 Å². The van der Waals surface area contributed by atoms with Crippen LogP contribution in [0.4, 0.5) is 11.5 Å². The Bertz CT molecular complexity index is 1120. The first-order valence-electron chi connectivity index (χ1n) is 7.54. The van der Waals surface area contributed by atoms with Crippen molar-refractivity contribution in [3.8, 4) is 11.8 Å². The van der Waals surface area contributed by atoms with Crippen LogP contribution in [0.5, 0.6) is 0 Å². The van der Waals surface area contributed by atoms with Crippen molar-refractivity contribution in [2.45, 2.75) is 13.8 Å². The van der Waals surface area contributed by atoms with Crippen LogP contribution in [-0.4, -0.2) is 29.6 Å². The number of benzene rings is 1. The molecule has 4 rings (SSSR count). The van der Waals surface area contributed by atoms with Gasteiger partial charge >= 0.3 is 0 Å². The molecule has 0 atom stereocenters. The van der Waals surface area contributed by atoms with Crippen molar-refractivity contribution in [3.63, 3.8) is 0 Å². The molecule has 0 unspecified atom stereocenters. The molecule has 1 N–H and O–H groups in total. The minimum absolute atomic E-state index is 0.342. The predicted octanol–water partition coefficient (Wildman–Crippen LogP) is 3.15. The number of aromatic nitrogens is 6. The van der Waals surface area contributed by atoms with E-state index in [1.165, 1.54) is 6.20 Å². The topological polar surface area (TPSA) is 112 Å². The lowest BCUT2D eigenvalue weighted by Crippen LogP contribution is -1.94. The van der Waals surface area contributed by atoms with E-state index in [1.807, 2.05) is 37.3 Å². The maximum Gasteiger partial charge on any atom is 0.203 e. The van der Waals surface area contributed by atoms with Gasteiger partial charge in [-0.05, 0) is 26.0 Å². The number of rotatable bonds is 3. The Morgan fingerprint density at radius 3 is 2.72 bits per heavy atom. The summed E-state index contributed by atoms with van der Waals surface area (Å²) in [4.78, 5) is 4.34. The van der Waals surface area contributed by atoms with Crippen LogP contribution in [0.2, 0.25) is 0 Å². The normalized spacial score (nSPS) is 11.4. The Morgan fingerprint density at radius 1 is 1.16 bits per heavy atom. The summed E-state index contributed by atoms with van der Waals surface area (Å²) in [6.07, 6.45) is 1.47. The third kappa shape index (κ3) is 2.46. The number of nitriles is 1. The molecule has 3 heterocycles. The fraction of sp³-hybridized carbons (Fsp3) is 0.125. The summed E-state index contributed by atoms with van der Waals surface area (Å²) < 4.78 is 3.13. The molecular weight excluding hydrogens is 318 g/mol. The summed E-state index contributed by atoms with van der Waals surface area (Å²) in [6.45, 7) is 3.66. The molecule has 0 saturated heterocycles. The van der Waals surface area contributed by atoms with Gasteiger partial charge in [-0.3, -0.25) is 5.10 Å². The molecule has 0 fully saturated rings. The lowest BCUT2D eigenvalue weighted by Gasteiger charge is -2.02. The van der Waals surface area contributed by atoms with Crippen molar-refractivity contribution in [2.75, 3.05) is 0 Å². The van der Waals surface area contributed by atoms with E-state index in [9.17, 15) is 5.26 Å². The minimum Gasteiger partial charge on any atom is -0.278 e. The van der Waals surface area contributed by atoms with Gasteiger partial charge in [-0.25, -0.2) is 9.67 Å². The largest absolute Gasteiger partial charge is 0.278 e. The summed E-state index contributed by atoms with van der Waals surface area (Å²) in [7, 11) is 0. The van der Waals surface area contributed by atoms with Gasteiger partial charge in [0.1, 0.15) is 17.5 Å². The van der Waals surface area contributed by atoms with Gasteiger partial charge in [-0.2, -0.15) is 15.0 Å². The van der Waals surface area contributed by atoms with E-state index < -0.39 is 0 Å². The SMILES string of the molecule is Cc1nc2c(N=Nc3c(C#N)cnn3-c3ccccc3)c(C)[nH]n2n1. The first-order chi connectivity index (χ1) is 12.2. The van der Waals surface area contributed by atoms with Gasteiger partial charge in [0.25, 0.3) is 0 Å². The molecule has 0 radical (unpaired) electrons. The molecular formula is C16H13N9. The van der Waals surface area contributed by atoms with E-state index >= 15 is 0 Å². The highest BCUT2D eigenvalue weighted by Crippen LogP contribution is 2.28. The van der Waals surface area contributed by atoms with Gasteiger partial charge in [-0.15, -0.1) is 15.3 Å². The van der Waals surface area contributed by atoms with Gasteiger partial charge in [0.2, 0.25) is 5.65 Å². The Morgan fingerprint density at radius 2 is 1.96 bits per heavy atom. The van der Waals surface area contributed by atoms with Crippen LogP contribution in [0.1, 0.15) is 17.1 Å². The first kappa shape index (κ1) is 14.8. The molecule has 4 aromatic rings. The molecule has 9 heteroatoms. The quantitative estimate of drug-likeness (QED) is 0.581. The highest BCUT2D eigenvalue weighted by molar-refractivity contribution is 5.66. The lowest BCUT2D eigenvalue weighted by atomic mass is 10.3. The fourth-order valence-corrected chi connectivity index (χ4v) is 2.52. The summed E-state index contributed by atoms with van der Waals surface area (Å²) in [5.74, 6) is 0.999. The predicted molar refractivity (Wildman–Crippen MR) is 89.3 cm³/mol. The number of nitrogens with zero attached hydrogens (tertiary/aromatic N) is 8. The van der Waals surface area contributed by atoms with Crippen LogP contribution in [0.3, 0.4) is 0 Å². The van der Waals surface area contributed by atoms with Gasteiger partial charge in [-0.1, -0.05) is 18.2 Å². The number of nitrogens with one attached hydrogen (secondary N) is 1. The molecule has 122 valence electrons. The number of para-hydroxylation sites is 1. The maximum absolute atomic E-state index is 9.33. The molecule has 0 aliphatic heterocycles. The number of H-pyrrole nitrogens is 1. The number of hydrogen-bond donors (Lipinski definition) is 1. The molecule has 1 aromatic carbocycles. The molecule has 0 amide bonds. The summed E-state index contributed by atoms with van der Waals surface area (Å²) >= 11 is 0. The second kappa shape index (κ2) is 5.68. The lowest BCUT2D eigenvalue weighted by molar-refractivity contribution is 0.793. The van der Waals surface area contributed by atoms with Crippen molar-refractivity contribution in [1.82, 2.24) is 29.6 Å². The number of aromatic amines is 1. The summed E-state index contributed by atoms with van der Waals surface area (Å²) in [5, 5.41) is 29.4. The van der Waals surface area contributed by atoms with Crippen LogP contribution < -0.4 is 0 Å². The number of hydrogen-bond acceptors (Lipinski definition) is 6. The van der Waals surface area contributed by atoms with Gasteiger partial charge in [0.15, 0.2) is 11.5 Å². The van der Waals surface area contributed by atoms with E-state index in [0.717, 1.165) is 11.4 Å². The van der Waals surface area contributed by atoms with Crippen molar-refractivity contribution >= 4 is 17.2 Å². The zero-order chi connectivity index (χ0) is 17.4. The second-order valence-electron chi connectivity index (χ2n) is 5.42. The summed E-state index contributed by atoms with van der Waals surface area (Å²) in [6, 6.07) is 11.6. The van der Waals surface area contributed by atoms with Crippen molar-refractivity contribution in [1.29, 1.82) is 5.26 Å². The monoisotopic (exact) mass is 331 g/mol. The standard InChI is InChI=1S/C16H13N9/c1-10-14(16-19-11(2)23-25(16)22-10)20-21-15-12(8-17)9-18-24(15)13-6-4-3-5-7-13/h3-7,9,22H,1-2H3. The first-order valence-corrected chi connectivity index (χ1v) is 7.54. The van der Waals surface area contributed by atoms with E-state index in [1.54, 1.807) is 16.2 Å². The molecule has 0 aliphatic carbocycles. The third-order valence-corrected chi connectivity index (χ3v) is 3.66. The second-order valence-corrected chi connectivity index (χ2v) is 5.42. The average Bonchev–Trinajstić information content (AvgIpc) is 3.26. The number of aryl methyl sites for hydroxylation is 2. The van der Waals surface area contributed by atoms with E-state index in [0.29, 0.717) is 28.5 Å². The Hall–Kier alpha value is -3.80. The Kier molecular flexibility index (Phi) is 3.36. The molecule has 9 nitrogen and oxygen atoms in total. The van der Waals surface area contributed by atoms with Crippen LogP contribution in [-0.2, 0) is 0 Å². The number of azo groups is 1. The Labute approximate surface area is 142 Å². The molecule has 0 saturated carbocycles. The van der Waals surface area contributed by atoms with Gasteiger partial charge < -0.3 is 0 Å². The van der Waals surface area contributed by atoms with Crippen LogP contribution in [0.15, 0.2) is 46.8 Å². The Balaban J connectivity index is 1.82. The maximum atomic E-state index is 9.33. The average molecular weight is 331 g/mol. The van der Waals surface area contributed by atoms with Crippen molar-refractivity contribution < 1.29 is 0 Å². The minimum atomic E-state index is 0.342. The number of fused-ring (bicyclic) bond motifs is 1. The molecule has 0 bridgehead atoms. The molecule has 3 aromatic heterocycles. The van der Waals surface area contributed by atoms with E-state index in [2.05, 4.69) is 36.6 Å². The van der Waals surface area contributed by atoms with E-state index in [-0.39, 0.29) is 0 Å². The van der Waals surface area contributed by atoms with E-state index in [4.69, 9.17) is 0 Å².